The summed E-state index contributed by atoms with van der Waals surface area (Å²) in [6.07, 6.45) is 7.63. The predicted octanol–water partition coefficient (Wildman–Crippen LogP) is 21.4. The first-order chi connectivity index (χ1) is 44.3. The molecule has 0 spiro atoms. The zero-order valence-electron chi connectivity index (χ0n) is 49.8. The number of aromatic nitrogens is 4. The van der Waals surface area contributed by atoms with Gasteiger partial charge in [-0.1, -0.05) is 196 Å². The highest BCUT2D eigenvalue weighted by Gasteiger charge is 2.47. The number of hydrogen-bond acceptors (Lipinski definition) is 8. The normalized spacial score (nSPS) is 14.5. The first-order valence-corrected chi connectivity index (χ1v) is 30.8. The van der Waals surface area contributed by atoms with Crippen LogP contribution in [0.15, 0.2) is 284 Å². The van der Waals surface area contributed by atoms with Gasteiger partial charge in [0, 0.05) is 85.6 Å². The minimum Gasteiger partial charge on any atom is -0.484 e. The van der Waals surface area contributed by atoms with E-state index in [1.807, 2.05) is 6.20 Å². The fraction of sp³-hybridized carbons (Fsp3) is 0.0732. The third-order valence-corrected chi connectivity index (χ3v) is 18.1. The van der Waals surface area contributed by atoms with Gasteiger partial charge in [0.15, 0.2) is 5.82 Å². The van der Waals surface area contributed by atoms with Crippen LogP contribution in [0.3, 0.4) is 0 Å². The average molecular weight is 1160 g/mol. The Morgan fingerprint density at radius 2 is 1.04 bits per heavy atom. The molecule has 0 amide bonds. The number of anilines is 6. The number of rotatable bonds is 12. The van der Waals surface area contributed by atoms with Crippen LogP contribution in [-0.4, -0.2) is 26.0 Å². The molecule has 11 aromatic carbocycles. The van der Waals surface area contributed by atoms with E-state index >= 15 is 0 Å². The van der Waals surface area contributed by atoms with Gasteiger partial charge in [-0.3, -0.25) is 4.98 Å². The zero-order chi connectivity index (χ0) is 60.0. The van der Waals surface area contributed by atoms with Crippen LogP contribution in [0.25, 0.3) is 99.6 Å². The second kappa shape index (κ2) is 21.4. The van der Waals surface area contributed by atoms with E-state index in [0.29, 0.717) is 5.82 Å². The molecule has 8 heteroatoms. The van der Waals surface area contributed by atoms with Gasteiger partial charge in [-0.05, 0) is 141 Å². The molecule has 2 atom stereocenters. The summed E-state index contributed by atoms with van der Waals surface area (Å²) in [5.74, 6) is 1.92. The summed E-state index contributed by atoms with van der Waals surface area (Å²) < 4.78 is 15.3. The molecular formula is C82H58N6O2. The number of pyridine rings is 1. The topological polar surface area (TPSA) is 80.4 Å². The summed E-state index contributed by atoms with van der Waals surface area (Å²) in [5.41, 5.74) is 23.3. The second-order valence-corrected chi connectivity index (χ2v) is 24.0. The Morgan fingerprint density at radius 1 is 0.433 bits per heavy atom. The van der Waals surface area contributed by atoms with Gasteiger partial charge in [-0.15, -0.1) is 0 Å². The maximum absolute atomic E-state index is 7.69. The van der Waals surface area contributed by atoms with E-state index in [0.717, 1.165) is 157 Å². The minimum atomic E-state index is -0.508. The van der Waals surface area contributed by atoms with E-state index in [-0.39, 0.29) is 11.8 Å². The maximum atomic E-state index is 7.69. The van der Waals surface area contributed by atoms with Crippen molar-refractivity contribution in [1.29, 1.82) is 0 Å². The highest BCUT2D eigenvalue weighted by molar-refractivity contribution is 6.22. The van der Waals surface area contributed by atoms with Crippen molar-refractivity contribution in [2.75, 3.05) is 9.80 Å². The van der Waals surface area contributed by atoms with Gasteiger partial charge < -0.3 is 19.0 Å². The molecule has 0 saturated heterocycles. The quantitative estimate of drug-likeness (QED) is 0.120. The number of nitrogens with zero attached hydrogens (tertiary/aromatic N) is 6. The molecule has 90 heavy (non-hydrogen) atoms. The van der Waals surface area contributed by atoms with E-state index < -0.39 is 6.10 Å². The summed E-state index contributed by atoms with van der Waals surface area (Å²) in [5, 5.41) is 4.38. The number of benzene rings is 11. The van der Waals surface area contributed by atoms with Crippen LogP contribution in [-0.2, 0) is 0 Å². The minimum absolute atomic E-state index is 0.0899. The van der Waals surface area contributed by atoms with Crippen molar-refractivity contribution in [1.82, 2.24) is 19.9 Å². The molecular weight excluding hydrogens is 1100 g/mol. The lowest BCUT2D eigenvalue weighted by Crippen LogP contribution is -2.26. The smallest absolute Gasteiger partial charge is 0.162 e. The number of aryl methyl sites for hydroxylation is 1. The molecule has 3 aromatic heterocycles. The molecule has 428 valence electrons. The van der Waals surface area contributed by atoms with Crippen LogP contribution in [0.2, 0.25) is 0 Å². The van der Waals surface area contributed by atoms with Gasteiger partial charge in [0.1, 0.15) is 35.2 Å². The number of ether oxygens (including phenoxy) is 1. The van der Waals surface area contributed by atoms with Gasteiger partial charge >= 0.3 is 0 Å². The largest absolute Gasteiger partial charge is 0.484 e. The van der Waals surface area contributed by atoms with Crippen molar-refractivity contribution in [2.45, 2.75) is 38.7 Å². The molecule has 0 N–H and O–H groups in total. The molecule has 1 aliphatic heterocycles. The maximum Gasteiger partial charge on any atom is 0.162 e. The number of furan rings is 1. The van der Waals surface area contributed by atoms with Crippen LogP contribution < -0.4 is 14.5 Å². The standard InChI is InChI=1S/C82H58N6O2/c1-50(2)81-84-49-85-82(86-81)69-39-38-68-70-44-62(87(58-28-11-6-12-29-58)60-31-16-26-55(42-60)52-20-7-4-8-21-52)46-73-75(70)77-67(37-36-65(79(77)89-73)57-35-40-72(83-48-57)66-34-18-25-54-24-13-14-33-64(54)66)71-45-63(47-74-76(71)78(68)80(69)90-74)88(59-30-15-19-51(3)41-59)61-32-17-27-56(43-61)53-22-9-5-10-23-53/h4-50,78,80H,1-3H3. The fourth-order valence-corrected chi connectivity index (χ4v) is 14.0. The predicted molar refractivity (Wildman–Crippen MR) is 367 cm³/mol. The van der Waals surface area contributed by atoms with Crippen LogP contribution >= 0.6 is 0 Å². The van der Waals surface area contributed by atoms with Crippen molar-refractivity contribution < 1.29 is 9.15 Å². The van der Waals surface area contributed by atoms with Crippen molar-refractivity contribution >= 4 is 78.0 Å². The van der Waals surface area contributed by atoms with Crippen LogP contribution in [0, 0.1) is 6.92 Å². The summed E-state index contributed by atoms with van der Waals surface area (Å²) in [7, 11) is 0. The zero-order valence-corrected chi connectivity index (χ0v) is 49.8. The monoisotopic (exact) mass is 1160 g/mol. The Kier molecular flexibility index (Phi) is 12.6. The van der Waals surface area contributed by atoms with Crippen LogP contribution in [0.1, 0.15) is 54.0 Å². The van der Waals surface area contributed by atoms with E-state index in [2.05, 4.69) is 302 Å². The van der Waals surface area contributed by atoms with Crippen LogP contribution in [0.4, 0.5) is 34.1 Å². The third kappa shape index (κ3) is 8.89. The molecule has 2 unspecified atom stereocenters. The summed E-state index contributed by atoms with van der Waals surface area (Å²) in [6, 6.07) is 91.3. The third-order valence-electron chi connectivity index (χ3n) is 18.1. The van der Waals surface area contributed by atoms with E-state index in [9.17, 15) is 0 Å². The summed E-state index contributed by atoms with van der Waals surface area (Å²) >= 11 is 0. The Balaban J connectivity index is 0.952. The van der Waals surface area contributed by atoms with Gasteiger partial charge in [0.05, 0.1) is 23.0 Å². The summed E-state index contributed by atoms with van der Waals surface area (Å²) in [6.45, 7) is 6.39. The Bertz CT molecular complexity index is 5220. The lowest BCUT2D eigenvalue weighted by molar-refractivity contribution is 0.280. The Morgan fingerprint density at radius 3 is 1.77 bits per heavy atom. The molecule has 3 aliphatic rings. The molecule has 8 nitrogen and oxygen atoms in total. The van der Waals surface area contributed by atoms with E-state index in [1.165, 1.54) is 5.39 Å². The average Bonchev–Trinajstić information content (AvgIpc) is 1.50. The van der Waals surface area contributed by atoms with E-state index in [1.54, 1.807) is 6.33 Å². The van der Waals surface area contributed by atoms with Crippen molar-refractivity contribution in [3.8, 4) is 61.5 Å². The SMILES string of the molecule is Cc1cccc(N(c2cccc(-c3ccccc3)c2)c2cc3c4c(c2)-c2ccc(-c5ccc(-c6cccc7ccccc67)nc5)c5oc6cc(N(c7ccccc7)c7cccc(-c8ccccc8)c7)cc(c6c25)C2=CC=C(c5ncnc(C(C)C)n5)C(O3)C24)c1. The Hall–Kier alpha value is -11.5. The second-order valence-electron chi connectivity index (χ2n) is 24.0. The molecule has 4 heterocycles. The van der Waals surface area contributed by atoms with Crippen LogP contribution in [0.5, 0.6) is 5.75 Å². The molecule has 14 aromatic rings. The van der Waals surface area contributed by atoms with E-state index in [4.69, 9.17) is 24.1 Å². The molecule has 17 rings (SSSR count). The molecule has 0 fully saturated rings. The number of fused-ring (bicyclic) bond motifs is 3. The van der Waals surface area contributed by atoms with Crippen molar-refractivity contribution in [3.05, 3.63) is 308 Å². The first-order valence-electron chi connectivity index (χ1n) is 30.8. The van der Waals surface area contributed by atoms with Gasteiger partial charge in [-0.25, -0.2) is 15.0 Å². The van der Waals surface area contributed by atoms with Gasteiger partial charge in [-0.2, -0.15) is 0 Å². The number of hydrogen-bond donors (Lipinski definition) is 0. The molecule has 0 saturated carbocycles. The summed E-state index contributed by atoms with van der Waals surface area (Å²) in [4.78, 5) is 24.7. The first kappa shape index (κ1) is 52.8. The van der Waals surface area contributed by atoms with Gasteiger partial charge in [0.25, 0.3) is 0 Å². The lowest BCUT2D eigenvalue weighted by atomic mass is 9.73. The lowest BCUT2D eigenvalue weighted by Gasteiger charge is -2.31. The number of allylic oxidation sites excluding steroid dienone is 2. The Labute approximate surface area is 522 Å². The van der Waals surface area contributed by atoms with Crippen molar-refractivity contribution in [3.63, 3.8) is 0 Å². The van der Waals surface area contributed by atoms with Crippen molar-refractivity contribution in [2.24, 2.45) is 0 Å². The number of para-hydroxylation sites is 1. The highest BCUT2D eigenvalue weighted by Crippen LogP contribution is 2.61. The molecule has 2 aliphatic carbocycles. The highest BCUT2D eigenvalue weighted by atomic mass is 16.5. The molecule has 0 radical (unpaired) electrons. The molecule has 0 bridgehead atoms. The van der Waals surface area contributed by atoms with Gasteiger partial charge in [0.2, 0.25) is 0 Å². The fourth-order valence-electron chi connectivity index (χ4n) is 14.0.